The normalized spacial score (nSPS) is 17.8. The molecule has 6 heteroatoms. The molecule has 1 aromatic rings. The number of hydrogen-bond acceptors (Lipinski definition) is 5. The van der Waals surface area contributed by atoms with Crippen molar-refractivity contribution in [1.29, 1.82) is 0 Å². The molecular weight excluding hydrogens is 322 g/mol. The summed E-state index contributed by atoms with van der Waals surface area (Å²) < 4.78 is 10.4. The predicted molar refractivity (Wildman–Crippen MR) is 92.1 cm³/mol. The number of ether oxygens (including phenoxy) is 2. The van der Waals surface area contributed by atoms with E-state index in [-0.39, 0.29) is 12.2 Å². The summed E-state index contributed by atoms with van der Waals surface area (Å²) in [7, 11) is 0. The third kappa shape index (κ3) is 6.21. The van der Waals surface area contributed by atoms with Crippen LogP contribution in [0.1, 0.15) is 44.6 Å². The van der Waals surface area contributed by atoms with E-state index in [9.17, 15) is 14.4 Å². The van der Waals surface area contributed by atoms with Crippen molar-refractivity contribution in [2.45, 2.75) is 57.6 Å². The highest BCUT2D eigenvalue weighted by molar-refractivity contribution is 5.89. The van der Waals surface area contributed by atoms with Crippen molar-refractivity contribution in [3.05, 3.63) is 35.9 Å². The molecule has 1 saturated carbocycles. The maximum absolute atomic E-state index is 12.5. The van der Waals surface area contributed by atoms with Gasteiger partial charge in [0, 0.05) is 12.8 Å². The van der Waals surface area contributed by atoms with Gasteiger partial charge in [0.15, 0.2) is 11.9 Å². The molecular formula is C19H25NO5. The molecule has 2 unspecified atom stereocenters. The summed E-state index contributed by atoms with van der Waals surface area (Å²) in [6.07, 6.45) is 2.32. The van der Waals surface area contributed by atoms with E-state index in [4.69, 9.17) is 9.47 Å². The van der Waals surface area contributed by atoms with E-state index in [2.05, 4.69) is 5.32 Å². The summed E-state index contributed by atoms with van der Waals surface area (Å²) in [6.45, 7) is 2.30. The molecule has 0 spiro atoms. The second-order valence-electron chi connectivity index (χ2n) is 6.16. The van der Waals surface area contributed by atoms with Crippen LogP contribution in [0.4, 0.5) is 4.79 Å². The van der Waals surface area contributed by atoms with Gasteiger partial charge in [-0.25, -0.2) is 9.59 Å². The molecule has 0 saturated heterocycles. The van der Waals surface area contributed by atoms with Crippen molar-refractivity contribution < 1.29 is 23.9 Å². The summed E-state index contributed by atoms with van der Waals surface area (Å²) in [4.78, 5) is 36.1. The highest BCUT2D eigenvalue weighted by atomic mass is 16.6. The minimum atomic E-state index is -0.884. The van der Waals surface area contributed by atoms with Gasteiger partial charge in [0.25, 0.3) is 0 Å². The fourth-order valence-electron chi connectivity index (χ4n) is 2.67. The van der Waals surface area contributed by atoms with Crippen molar-refractivity contribution in [3.63, 3.8) is 0 Å². The average molecular weight is 347 g/mol. The third-order valence-electron chi connectivity index (χ3n) is 4.10. The van der Waals surface area contributed by atoms with Crippen molar-refractivity contribution in [1.82, 2.24) is 5.32 Å². The fraction of sp³-hybridized carbons (Fsp3) is 0.526. The number of esters is 1. The number of ketones is 1. The number of Topliss-reactive ketones (excluding diaryl/α,β-unsaturated/α-hetero) is 1. The molecule has 0 aromatic heterocycles. The Balaban J connectivity index is 1.98. The Hall–Kier alpha value is -2.37. The van der Waals surface area contributed by atoms with E-state index in [1.807, 2.05) is 37.3 Å². The van der Waals surface area contributed by atoms with Gasteiger partial charge < -0.3 is 14.8 Å². The molecule has 25 heavy (non-hydrogen) atoms. The lowest BCUT2D eigenvalue weighted by molar-refractivity contribution is -0.155. The van der Waals surface area contributed by atoms with E-state index in [0.29, 0.717) is 19.4 Å². The van der Waals surface area contributed by atoms with Crippen LogP contribution in [-0.2, 0) is 25.5 Å². The van der Waals surface area contributed by atoms with E-state index in [1.54, 1.807) is 0 Å². The molecule has 1 N–H and O–H groups in total. The molecule has 1 amide bonds. The molecule has 1 aliphatic rings. The molecule has 1 aromatic carbocycles. The number of alkyl carbamates (subject to hydrolysis) is 1. The monoisotopic (exact) mass is 347 g/mol. The lowest BCUT2D eigenvalue weighted by atomic mass is 10.1. The van der Waals surface area contributed by atoms with Crippen molar-refractivity contribution in [2.24, 2.45) is 0 Å². The van der Waals surface area contributed by atoms with Crippen LogP contribution in [0.2, 0.25) is 0 Å². The molecule has 1 aliphatic carbocycles. The summed E-state index contributed by atoms with van der Waals surface area (Å²) in [5.41, 5.74) is 0.885. The molecule has 0 aliphatic heterocycles. The molecule has 1 fully saturated rings. The second kappa shape index (κ2) is 9.81. The third-order valence-corrected chi connectivity index (χ3v) is 4.10. The zero-order valence-corrected chi connectivity index (χ0v) is 14.5. The zero-order chi connectivity index (χ0) is 18.1. The summed E-state index contributed by atoms with van der Waals surface area (Å²) in [5, 5.41) is 2.57. The average Bonchev–Trinajstić information content (AvgIpc) is 3.00. The number of nitrogens with one attached hydrogen (secondary N) is 1. The zero-order valence-electron chi connectivity index (χ0n) is 14.5. The van der Waals surface area contributed by atoms with Crippen LogP contribution in [-0.4, -0.2) is 36.6 Å². The van der Waals surface area contributed by atoms with E-state index < -0.39 is 24.2 Å². The van der Waals surface area contributed by atoms with Gasteiger partial charge in [0.1, 0.15) is 6.04 Å². The Bertz CT molecular complexity index is 587. The molecule has 2 rings (SSSR count). The minimum Gasteiger partial charge on any atom is -0.453 e. The Kier molecular flexibility index (Phi) is 7.44. The highest BCUT2D eigenvalue weighted by Gasteiger charge is 2.32. The first-order valence-corrected chi connectivity index (χ1v) is 8.80. The topological polar surface area (TPSA) is 81.7 Å². The van der Waals surface area contributed by atoms with Crippen molar-refractivity contribution in [2.75, 3.05) is 6.61 Å². The van der Waals surface area contributed by atoms with E-state index >= 15 is 0 Å². The summed E-state index contributed by atoms with van der Waals surface area (Å²) in [5.74, 6) is -0.658. The number of unbranched alkanes of at least 4 members (excludes halogenated alkanes) is 1. The Morgan fingerprint density at radius 1 is 1.28 bits per heavy atom. The van der Waals surface area contributed by atoms with Gasteiger partial charge in [0.2, 0.25) is 0 Å². The fourth-order valence-corrected chi connectivity index (χ4v) is 2.67. The molecule has 136 valence electrons. The number of rotatable bonds is 8. The van der Waals surface area contributed by atoms with Crippen LogP contribution in [0.5, 0.6) is 0 Å². The number of amides is 1. The molecule has 0 bridgehead atoms. The van der Waals surface area contributed by atoms with Gasteiger partial charge >= 0.3 is 12.1 Å². The standard InChI is InChI=1S/C19H25NO5/c1-2-3-12-24-19(23)20-15(13-14-8-5-4-6-9-14)18(22)25-17-11-7-10-16(17)21/h4-6,8-9,15,17H,2-3,7,10-13H2,1H3,(H,20,23). The predicted octanol–water partition coefficient (Wildman–Crippen LogP) is 2.79. The van der Waals surface area contributed by atoms with Crippen LogP contribution in [0, 0.1) is 0 Å². The van der Waals surface area contributed by atoms with Crippen LogP contribution in [0.15, 0.2) is 30.3 Å². The van der Waals surface area contributed by atoms with E-state index in [0.717, 1.165) is 24.8 Å². The molecule has 6 nitrogen and oxygen atoms in total. The molecule has 0 heterocycles. The van der Waals surface area contributed by atoms with Crippen LogP contribution in [0.3, 0.4) is 0 Å². The number of carbonyl (C=O) groups is 3. The van der Waals surface area contributed by atoms with Crippen LogP contribution in [0.25, 0.3) is 0 Å². The first-order chi connectivity index (χ1) is 12.1. The maximum atomic E-state index is 12.5. The van der Waals surface area contributed by atoms with Gasteiger partial charge in [0.05, 0.1) is 6.61 Å². The number of benzene rings is 1. The molecule has 0 radical (unpaired) electrons. The van der Waals surface area contributed by atoms with Gasteiger partial charge in [-0.05, 0) is 24.8 Å². The lowest BCUT2D eigenvalue weighted by Crippen LogP contribution is -2.45. The van der Waals surface area contributed by atoms with Crippen molar-refractivity contribution >= 4 is 17.8 Å². The largest absolute Gasteiger partial charge is 0.453 e. The number of hydrogen-bond donors (Lipinski definition) is 1. The maximum Gasteiger partial charge on any atom is 0.407 e. The number of carbonyl (C=O) groups excluding carboxylic acids is 3. The van der Waals surface area contributed by atoms with Gasteiger partial charge in [-0.3, -0.25) is 4.79 Å². The van der Waals surface area contributed by atoms with Crippen molar-refractivity contribution in [3.8, 4) is 0 Å². The van der Waals surface area contributed by atoms with E-state index in [1.165, 1.54) is 0 Å². The Labute approximate surface area is 147 Å². The Morgan fingerprint density at radius 3 is 2.68 bits per heavy atom. The first-order valence-electron chi connectivity index (χ1n) is 8.80. The van der Waals surface area contributed by atoms with Gasteiger partial charge in [-0.2, -0.15) is 0 Å². The SMILES string of the molecule is CCCCOC(=O)NC(Cc1ccccc1)C(=O)OC1CCCC1=O. The Morgan fingerprint density at radius 2 is 2.04 bits per heavy atom. The summed E-state index contributed by atoms with van der Waals surface area (Å²) in [6, 6.07) is 8.44. The van der Waals surface area contributed by atoms with Crippen LogP contribution < -0.4 is 5.32 Å². The quantitative estimate of drug-likeness (QED) is 0.578. The smallest absolute Gasteiger partial charge is 0.407 e. The van der Waals surface area contributed by atoms with Gasteiger partial charge in [-0.15, -0.1) is 0 Å². The minimum absolute atomic E-state index is 0.0580. The highest BCUT2D eigenvalue weighted by Crippen LogP contribution is 2.18. The lowest BCUT2D eigenvalue weighted by Gasteiger charge is -2.19. The van der Waals surface area contributed by atoms with Gasteiger partial charge in [-0.1, -0.05) is 43.7 Å². The second-order valence-corrected chi connectivity index (χ2v) is 6.16. The summed E-state index contributed by atoms with van der Waals surface area (Å²) >= 11 is 0. The molecule has 2 atom stereocenters. The van der Waals surface area contributed by atoms with Crippen LogP contribution >= 0.6 is 0 Å². The first kappa shape index (κ1) is 19.0.